The molecule has 0 fully saturated rings. The lowest BCUT2D eigenvalue weighted by molar-refractivity contribution is -0.870. The molecular weight excluding hydrogens is 996 g/mol. The Balaban J connectivity index is 4.03. The van der Waals surface area contributed by atoms with Crippen molar-refractivity contribution >= 4 is 13.7 Å². The maximum absolute atomic E-state index is 13.0. The summed E-state index contributed by atoms with van der Waals surface area (Å²) >= 11 is 0. The molecule has 0 saturated heterocycles. The number of nitrogens with one attached hydrogen (secondary N) is 1. The van der Waals surface area contributed by atoms with Crippen molar-refractivity contribution in [3.63, 3.8) is 0 Å². The van der Waals surface area contributed by atoms with E-state index in [1.807, 2.05) is 27.2 Å². The minimum Gasteiger partial charge on any atom is -0.756 e. The fourth-order valence-corrected chi connectivity index (χ4v) is 10.4. The van der Waals surface area contributed by atoms with E-state index >= 15 is 0 Å². The molecule has 0 aromatic carbocycles. The molecule has 0 aliphatic heterocycles. The number of carbonyl (C=O) groups excluding carboxylic acids is 1. The number of nitrogens with zero attached hydrogens (tertiary/aromatic N) is 1. The first-order valence-corrected chi connectivity index (χ1v) is 34.9. The second-order valence-corrected chi connectivity index (χ2v) is 25.2. The Morgan fingerprint density at radius 1 is 0.456 bits per heavy atom. The average molecular weight is 1130 g/mol. The zero-order valence-corrected chi connectivity index (χ0v) is 53.5. The van der Waals surface area contributed by atoms with E-state index in [4.69, 9.17) is 9.05 Å². The molecule has 0 aliphatic carbocycles. The number of amides is 1. The quantitative estimate of drug-likeness (QED) is 0.0272. The van der Waals surface area contributed by atoms with Gasteiger partial charge >= 0.3 is 0 Å². The first-order valence-electron chi connectivity index (χ1n) is 33.4. The van der Waals surface area contributed by atoms with Gasteiger partial charge in [-0.2, -0.15) is 0 Å². The molecule has 0 aliphatic rings. The second kappa shape index (κ2) is 60.3. The normalized spacial score (nSPS) is 14.3. The fourth-order valence-electron chi connectivity index (χ4n) is 9.67. The molecule has 0 rings (SSSR count). The lowest BCUT2D eigenvalue weighted by Crippen LogP contribution is -2.45. The molecule has 3 unspecified atom stereocenters. The summed E-state index contributed by atoms with van der Waals surface area (Å²) in [5.41, 5.74) is 0. The molecule has 1 amide bonds. The molecule has 0 spiro atoms. The van der Waals surface area contributed by atoms with Crippen molar-refractivity contribution < 1.29 is 32.9 Å². The smallest absolute Gasteiger partial charge is 0.268 e. The largest absolute Gasteiger partial charge is 0.756 e. The molecule has 0 radical (unpaired) electrons. The van der Waals surface area contributed by atoms with E-state index in [0.717, 1.165) is 70.6 Å². The van der Waals surface area contributed by atoms with Crippen LogP contribution in [0.1, 0.15) is 303 Å². The molecule has 9 heteroatoms. The van der Waals surface area contributed by atoms with Crippen molar-refractivity contribution in [2.24, 2.45) is 0 Å². The third-order valence-electron chi connectivity index (χ3n) is 14.8. The van der Waals surface area contributed by atoms with Gasteiger partial charge in [-0.15, -0.1) is 0 Å². The van der Waals surface area contributed by atoms with E-state index in [1.54, 1.807) is 6.08 Å². The monoisotopic (exact) mass is 1120 g/mol. The Morgan fingerprint density at radius 3 is 1.18 bits per heavy atom. The SMILES string of the molecule is CC/C=C\C/C=C\C/C=C\C/C=C\C/C=C\CCCCCCCCCCCCCCCCCCCCCCCC(=O)NC(COP(=O)([O-])OCC[N+](C)(C)C)C(O)/C=C/CC/C=C/CCCCCCCCCCCCCCCC. The minimum absolute atomic E-state index is 0.00702. The van der Waals surface area contributed by atoms with E-state index in [0.29, 0.717) is 17.4 Å². The molecular formula is C70H129N2O6P. The Morgan fingerprint density at radius 2 is 0.785 bits per heavy atom. The number of hydrogen-bond acceptors (Lipinski definition) is 6. The topological polar surface area (TPSA) is 108 Å². The van der Waals surface area contributed by atoms with Gasteiger partial charge in [-0.05, 0) is 77.0 Å². The number of aliphatic hydroxyl groups is 1. The fraction of sp³-hybridized carbons (Fsp3) is 0.786. The van der Waals surface area contributed by atoms with Crippen LogP contribution in [0.5, 0.6) is 0 Å². The zero-order chi connectivity index (χ0) is 57.7. The van der Waals surface area contributed by atoms with E-state index in [1.165, 1.54) is 212 Å². The number of hydrogen-bond donors (Lipinski definition) is 2. The highest BCUT2D eigenvalue weighted by Gasteiger charge is 2.23. The molecule has 0 aromatic heterocycles. The zero-order valence-electron chi connectivity index (χ0n) is 52.6. The van der Waals surface area contributed by atoms with Crippen molar-refractivity contribution in [3.05, 3.63) is 85.1 Å². The van der Waals surface area contributed by atoms with Gasteiger partial charge < -0.3 is 28.8 Å². The van der Waals surface area contributed by atoms with Crippen LogP contribution in [0.4, 0.5) is 0 Å². The van der Waals surface area contributed by atoms with Gasteiger partial charge in [0.25, 0.3) is 7.82 Å². The van der Waals surface area contributed by atoms with Crippen molar-refractivity contribution in [1.29, 1.82) is 0 Å². The number of phosphoric ester groups is 1. The summed E-state index contributed by atoms with van der Waals surface area (Å²) < 4.78 is 23.4. The number of allylic oxidation sites excluding steroid dienone is 13. The van der Waals surface area contributed by atoms with Gasteiger partial charge in [-0.3, -0.25) is 9.36 Å². The van der Waals surface area contributed by atoms with Crippen LogP contribution in [0.25, 0.3) is 0 Å². The highest BCUT2D eigenvalue weighted by atomic mass is 31.2. The van der Waals surface area contributed by atoms with Gasteiger partial charge in [0.2, 0.25) is 5.91 Å². The highest BCUT2D eigenvalue weighted by molar-refractivity contribution is 7.45. The highest BCUT2D eigenvalue weighted by Crippen LogP contribution is 2.38. The Labute approximate surface area is 490 Å². The van der Waals surface area contributed by atoms with E-state index in [2.05, 4.69) is 92.1 Å². The molecule has 0 aromatic rings. The Kier molecular flexibility index (Phi) is 58.5. The van der Waals surface area contributed by atoms with Gasteiger partial charge in [0, 0.05) is 6.42 Å². The number of likely N-dealkylation sites (N-methyl/N-ethyl adjacent to an activating group) is 1. The van der Waals surface area contributed by atoms with Crippen molar-refractivity contribution in [2.75, 3.05) is 40.9 Å². The van der Waals surface area contributed by atoms with Crippen LogP contribution >= 0.6 is 7.82 Å². The van der Waals surface area contributed by atoms with E-state index in [9.17, 15) is 19.4 Å². The van der Waals surface area contributed by atoms with Crippen molar-refractivity contribution in [3.8, 4) is 0 Å². The molecule has 0 saturated carbocycles. The maximum atomic E-state index is 13.0. The van der Waals surface area contributed by atoms with Crippen LogP contribution in [-0.2, 0) is 18.4 Å². The molecule has 0 heterocycles. The average Bonchev–Trinajstić information content (AvgIpc) is 3.42. The van der Waals surface area contributed by atoms with Gasteiger partial charge in [0.1, 0.15) is 13.2 Å². The van der Waals surface area contributed by atoms with Crippen LogP contribution in [-0.4, -0.2) is 68.5 Å². The molecule has 79 heavy (non-hydrogen) atoms. The summed E-state index contributed by atoms with van der Waals surface area (Å²) in [5, 5.41) is 13.9. The summed E-state index contributed by atoms with van der Waals surface area (Å²) in [4.78, 5) is 25.6. The van der Waals surface area contributed by atoms with Crippen LogP contribution in [0.15, 0.2) is 85.1 Å². The first kappa shape index (κ1) is 76.7. The lowest BCUT2D eigenvalue weighted by Gasteiger charge is -2.29. The Bertz CT molecular complexity index is 1560. The standard InChI is InChI=1S/C70H129N2O6P/c1-6-8-10-12-14-16-18-20-22-24-26-28-29-30-31-32-33-34-35-36-37-38-39-40-41-42-43-44-46-48-50-52-54-56-58-60-62-64-70(74)71-68(67-78-79(75,76)77-66-65-72(3,4)5)69(73)63-61-59-57-55-53-51-49-47-45-27-25-23-21-19-17-15-13-11-9-7-2/h8,10,14,16,20,22,26,28,30-31,53,55,61,63,68-69,73H,6-7,9,11-13,15,17-19,21,23-25,27,29,32-52,54,56-60,62,64-67H2,1-5H3,(H-,71,74,75,76)/b10-8-,16-14-,22-20-,28-26-,31-30-,55-53+,63-61+. The summed E-state index contributed by atoms with van der Waals surface area (Å²) in [6, 6.07) is -0.906. The van der Waals surface area contributed by atoms with Crippen molar-refractivity contribution in [1.82, 2.24) is 5.32 Å². The number of rotatable bonds is 61. The molecule has 3 atom stereocenters. The van der Waals surface area contributed by atoms with Gasteiger partial charge in [-0.1, -0.05) is 304 Å². The summed E-state index contributed by atoms with van der Waals surface area (Å²) in [7, 11) is 1.25. The third kappa shape index (κ3) is 63.1. The predicted molar refractivity (Wildman–Crippen MR) is 343 cm³/mol. The number of quaternary nitrogens is 1. The molecule has 2 N–H and O–H groups in total. The summed E-state index contributed by atoms with van der Waals surface area (Å²) in [5.74, 6) is -0.204. The number of aliphatic hydroxyl groups excluding tert-OH is 1. The van der Waals surface area contributed by atoms with Gasteiger partial charge in [0.15, 0.2) is 0 Å². The third-order valence-corrected chi connectivity index (χ3v) is 15.8. The Hall–Kier alpha value is -2.32. The number of phosphoric acid groups is 1. The molecule has 460 valence electrons. The number of carbonyl (C=O) groups is 1. The first-order chi connectivity index (χ1) is 38.5. The predicted octanol–water partition coefficient (Wildman–Crippen LogP) is 20.5. The van der Waals surface area contributed by atoms with Crippen LogP contribution in [0.3, 0.4) is 0 Å². The van der Waals surface area contributed by atoms with Crippen molar-refractivity contribution in [2.45, 2.75) is 315 Å². The number of unbranched alkanes of at least 4 members (excludes halogenated alkanes) is 36. The van der Waals surface area contributed by atoms with Crippen LogP contribution < -0.4 is 10.2 Å². The van der Waals surface area contributed by atoms with Gasteiger partial charge in [0.05, 0.1) is 39.9 Å². The lowest BCUT2D eigenvalue weighted by atomic mass is 10.0. The summed E-state index contributed by atoms with van der Waals surface area (Å²) in [6.07, 6.45) is 85.6. The van der Waals surface area contributed by atoms with Crippen LogP contribution in [0, 0.1) is 0 Å². The summed E-state index contributed by atoms with van der Waals surface area (Å²) in [6.45, 7) is 4.54. The van der Waals surface area contributed by atoms with Gasteiger partial charge in [-0.25, -0.2) is 0 Å². The van der Waals surface area contributed by atoms with E-state index in [-0.39, 0.29) is 12.5 Å². The minimum atomic E-state index is -4.61. The van der Waals surface area contributed by atoms with Crippen LogP contribution in [0.2, 0.25) is 0 Å². The molecule has 0 bridgehead atoms. The second-order valence-electron chi connectivity index (χ2n) is 23.8. The molecule has 8 nitrogen and oxygen atoms in total. The maximum Gasteiger partial charge on any atom is 0.268 e. The van der Waals surface area contributed by atoms with E-state index < -0.39 is 26.6 Å².